The summed E-state index contributed by atoms with van der Waals surface area (Å²) in [5.74, 6) is 0. The van der Waals surface area contributed by atoms with Crippen molar-refractivity contribution in [3.63, 3.8) is 0 Å². The Morgan fingerprint density at radius 1 is 1.29 bits per heavy atom. The number of thiophene rings is 1. The summed E-state index contributed by atoms with van der Waals surface area (Å²) in [7, 11) is 0. The molecular weight excluding hydrogens is 486 g/mol. The Labute approximate surface area is 176 Å². The molecule has 1 aliphatic rings. The Morgan fingerprint density at radius 3 is 2.46 bits per heavy atom. The Balaban J connectivity index is 0. The summed E-state index contributed by atoms with van der Waals surface area (Å²) in [6.45, 7) is 0. The fraction of sp³-hybridized carbons (Fsp3) is 0.538. The monoisotopic (exact) mass is 502 g/mol. The molecule has 0 aromatic carbocycles. The first-order chi connectivity index (χ1) is 10.1. The van der Waals surface area contributed by atoms with Gasteiger partial charge in [0.25, 0.3) is 0 Å². The van der Waals surface area contributed by atoms with Gasteiger partial charge in [-0.1, -0.05) is 37.0 Å². The van der Waals surface area contributed by atoms with Gasteiger partial charge in [0, 0.05) is 12.1 Å². The standard InChI is InChI=1S/C13H18N4O2S2.2ClH.Pd/c18-17(19)12-8-7-11(21-12)9-14-16-13(20)15-10-5-3-1-2-4-6-10;;;/h7-10H,1-6H2,(H2,15,16,20);2*1H;/q;;;+2/p-2/b14-9-;;;. The van der Waals surface area contributed by atoms with E-state index in [2.05, 4.69) is 15.8 Å². The van der Waals surface area contributed by atoms with Gasteiger partial charge in [0.05, 0.1) is 16.0 Å². The number of hydrogen-bond acceptors (Lipinski definition) is 5. The third-order valence-corrected chi connectivity index (χ3v) is 4.52. The summed E-state index contributed by atoms with van der Waals surface area (Å²) < 4.78 is 0. The van der Waals surface area contributed by atoms with E-state index >= 15 is 0 Å². The predicted molar refractivity (Wildman–Crippen MR) is 88.9 cm³/mol. The van der Waals surface area contributed by atoms with Crippen LogP contribution >= 0.6 is 23.6 Å². The molecule has 1 aromatic rings. The van der Waals surface area contributed by atoms with Crippen molar-refractivity contribution in [1.82, 2.24) is 10.7 Å². The van der Waals surface area contributed by atoms with E-state index in [9.17, 15) is 10.1 Å². The molecule has 0 bridgehead atoms. The second kappa shape index (κ2) is 13.9. The second-order valence-corrected chi connectivity index (χ2v) is 6.47. The summed E-state index contributed by atoms with van der Waals surface area (Å²) in [6, 6.07) is 3.55. The van der Waals surface area contributed by atoms with E-state index in [4.69, 9.17) is 12.2 Å². The quantitative estimate of drug-likeness (QED) is 0.116. The van der Waals surface area contributed by atoms with Gasteiger partial charge in [0.1, 0.15) is 0 Å². The minimum Gasteiger partial charge on any atom is -1.00 e. The molecule has 138 valence electrons. The second-order valence-electron chi connectivity index (χ2n) is 4.97. The molecule has 0 aliphatic heterocycles. The number of nitrogens with zero attached hydrogens (tertiary/aromatic N) is 2. The molecule has 0 unspecified atom stereocenters. The van der Waals surface area contributed by atoms with Crippen molar-refractivity contribution in [2.24, 2.45) is 5.10 Å². The molecule has 1 heterocycles. The van der Waals surface area contributed by atoms with Gasteiger partial charge >= 0.3 is 25.4 Å². The Kier molecular flexibility index (Phi) is 15.1. The summed E-state index contributed by atoms with van der Waals surface area (Å²) in [4.78, 5) is 10.9. The van der Waals surface area contributed by atoms with Crippen LogP contribution in [0.4, 0.5) is 5.00 Å². The van der Waals surface area contributed by atoms with Crippen LogP contribution in [0.15, 0.2) is 17.2 Å². The molecule has 1 saturated carbocycles. The molecule has 1 aromatic heterocycles. The number of hydrogen-bond donors (Lipinski definition) is 2. The SMILES string of the molecule is O=[N+]([O-])c1ccc(/C=N\NC(=S)NC2CCCCCC2)s1.[Cl-].[Cl-].[Pd+2]. The molecule has 1 aliphatic carbocycles. The van der Waals surface area contributed by atoms with Gasteiger partial charge in [-0.15, -0.1) is 0 Å². The molecule has 24 heavy (non-hydrogen) atoms. The van der Waals surface area contributed by atoms with E-state index < -0.39 is 4.92 Å². The molecule has 2 N–H and O–H groups in total. The van der Waals surface area contributed by atoms with Crippen LogP contribution in [0.5, 0.6) is 0 Å². The van der Waals surface area contributed by atoms with Crippen LogP contribution in [0.1, 0.15) is 43.4 Å². The molecule has 0 atom stereocenters. The normalized spacial score (nSPS) is 14.5. The van der Waals surface area contributed by atoms with E-state index in [-0.39, 0.29) is 50.2 Å². The largest absolute Gasteiger partial charge is 2.00 e. The third-order valence-electron chi connectivity index (χ3n) is 3.34. The summed E-state index contributed by atoms with van der Waals surface area (Å²) in [5.41, 5.74) is 2.76. The van der Waals surface area contributed by atoms with Crippen molar-refractivity contribution in [3.05, 3.63) is 27.1 Å². The van der Waals surface area contributed by atoms with E-state index in [0.717, 1.165) is 24.2 Å². The molecule has 2 rings (SSSR count). The molecule has 0 amide bonds. The number of hydrazone groups is 1. The fourth-order valence-electron chi connectivity index (χ4n) is 2.31. The first-order valence-electron chi connectivity index (χ1n) is 6.99. The van der Waals surface area contributed by atoms with Crippen LogP contribution in [0.2, 0.25) is 0 Å². The van der Waals surface area contributed by atoms with Crippen LogP contribution < -0.4 is 35.6 Å². The first-order valence-corrected chi connectivity index (χ1v) is 8.21. The fourth-order valence-corrected chi connectivity index (χ4v) is 3.22. The minimum absolute atomic E-state index is 0. The van der Waals surface area contributed by atoms with Crippen LogP contribution in [-0.4, -0.2) is 22.3 Å². The van der Waals surface area contributed by atoms with Crippen LogP contribution in [0.3, 0.4) is 0 Å². The van der Waals surface area contributed by atoms with Gasteiger partial charge in [0.15, 0.2) is 5.11 Å². The van der Waals surface area contributed by atoms with Crippen molar-refractivity contribution >= 4 is 39.9 Å². The summed E-state index contributed by atoms with van der Waals surface area (Å²) in [6.07, 6.45) is 8.90. The topological polar surface area (TPSA) is 79.6 Å². The molecule has 0 saturated heterocycles. The average molecular weight is 504 g/mol. The van der Waals surface area contributed by atoms with Crippen LogP contribution in [0.25, 0.3) is 0 Å². The zero-order valence-electron chi connectivity index (χ0n) is 12.7. The van der Waals surface area contributed by atoms with Crippen molar-refractivity contribution in [3.8, 4) is 0 Å². The Morgan fingerprint density at radius 2 is 1.92 bits per heavy atom. The number of nitrogens with one attached hydrogen (secondary N) is 2. The molecule has 6 nitrogen and oxygen atoms in total. The Bertz CT molecular complexity index is 538. The van der Waals surface area contributed by atoms with Gasteiger partial charge in [0.2, 0.25) is 0 Å². The Hall–Kier alpha value is -0.298. The van der Waals surface area contributed by atoms with E-state index in [1.807, 2.05) is 0 Å². The smallest absolute Gasteiger partial charge is 1.00 e. The van der Waals surface area contributed by atoms with Gasteiger partial charge in [-0.05, 0) is 31.1 Å². The number of rotatable bonds is 4. The third kappa shape index (κ3) is 9.25. The van der Waals surface area contributed by atoms with Gasteiger partial charge < -0.3 is 30.1 Å². The predicted octanol–water partition coefficient (Wildman–Crippen LogP) is -2.82. The summed E-state index contributed by atoms with van der Waals surface area (Å²) >= 11 is 6.28. The zero-order chi connectivity index (χ0) is 15.1. The van der Waals surface area contributed by atoms with E-state index in [1.54, 1.807) is 12.3 Å². The molecule has 0 spiro atoms. The van der Waals surface area contributed by atoms with Crippen molar-refractivity contribution in [2.75, 3.05) is 0 Å². The maximum atomic E-state index is 10.6. The first kappa shape index (κ1) is 25.9. The van der Waals surface area contributed by atoms with Crippen molar-refractivity contribution in [2.45, 2.75) is 44.6 Å². The number of halogens is 2. The molecule has 1 fully saturated rings. The van der Waals surface area contributed by atoms with Crippen LogP contribution in [-0.2, 0) is 20.4 Å². The maximum absolute atomic E-state index is 10.6. The van der Waals surface area contributed by atoms with Gasteiger partial charge in [-0.3, -0.25) is 15.5 Å². The average Bonchev–Trinajstić information content (AvgIpc) is 2.77. The maximum Gasteiger partial charge on any atom is 2.00 e. The molecule has 0 radical (unpaired) electrons. The van der Waals surface area contributed by atoms with Gasteiger partial charge in [-0.25, -0.2) is 0 Å². The number of thiocarbonyl (C=S) groups is 1. The van der Waals surface area contributed by atoms with Gasteiger partial charge in [-0.2, -0.15) is 5.10 Å². The van der Waals surface area contributed by atoms with E-state index in [1.165, 1.54) is 31.7 Å². The number of nitro groups is 1. The van der Waals surface area contributed by atoms with Crippen LogP contribution in [0, 0.1) is 10.1 Å². The minimum atomic E-state index is -0.409. The van der Waals surface area contributed by atoms with E-state index in [0.29, 0.717) is 16.0 Å². The van der Waals surface area contributed by atoms with Crippen molar-refractivity contribution < 1.29 is 50.2 Å². The van der Waals surface area contributed by atoms with Crippen molar-refractivity contribution in [1.29, 1.82) is 0 Å². The summed E-state index contributed by atoms with van der Waals surface area (Å²) in [5, 5.41) is 18.5. The molecule has 11 heteroatoms. The zero-order valence-corrected chi connectivity index (χ0v) is 17.4. The molecular formula is C13H18Cl2N4O2PdS2.